The molecule has 0 radical (unpaired) electrons. The molecule has 1 N–H and O–H groups in total. The lowest BCUT2D eigenvalue weighted by atomic mass is 9.96. The van der Waals surface area contributed by atoms with Gasteiger partial charge in [0.2, 0.25) is 0 Å². The van der Waals surface area contributed by atoms with E-state index in [2.05, 4.69) is 24.3 Å². The van der Waals surface area contributed by atoms with Gasteiger partial charge in [0.15, 0.2) is 5.76 Å². The normalized spacial score (nSPS) is 23.2. The molecule has 1 aliphatic carbocycles. The second kappa shape index (κ2) is 6.71. The maximum Gasteiger partial charge on any atom is 0.318 e. The van der Waals surface area contributed by atoms with Gasteiger partial charge in [-0.15, -0.1) is 0 Å². The van der Waals surface area contributed by atoms with Crippen LogP contribution in [0.3, 0.4) is 0 Å². The summed E-state index contributed by atoms with van der Waals surface area (Å²) < 4.78 is 5.51. The van der Waals surface area contributed by atoms with Crippen molar-refractivity contribution in [3.8, 4) is 0 Å². The van der Waals surface area contributed by atoms with E-state index in [0.29, 0.717) is 12.0 Å². The molecule has 0 aromatic carbocycles. The van der Waals surface area contributed by atoms with Crippen LogP contribution in [0.5, 0.6) is 0 Å². The summed E-state index contributed by atoms with van der Waals surface area (Å²) in [4.78, 5) is 14.5. The van der Waals surface area contributed by atoms with E-state index in [1.54, 1.807) is 0 Å². The molecule has 1 aromatic heterocycles. The Labute approximate surface area is 132 Å². The van der Waals surface area contributed by atoms with Gasteiger partial charge < -0.3 is 14.7 Å². The molecule has 2 amide bonds. The summed E-state index contributed by atoms with van der Waals surface area (Å²) in [5.41, 5.74) is 0.967. The molecule has 5 nitrogen and oxygen atoms in total. The zero-order valence-electron chi connectivity index (χ0n) is 13.7. The molecule has 5 heteroatoms. The number of amides is 2. The quantitative estimate of drug-likeness (QED) is 0.919. The third-order valence-electron chi connectivity index (χ3n) is 4.91. The van der Waals surface area contributed by atoms with Gasteiger partial charge in [0.05, 0.1) is 11.7 Å². The molecule has 1 atom stereocenters. The van der Waals surface area contributed by atoms with E-state index in [9.17, 15) is 4.79 Å². The van der Waals surface area contributed by atoms with Gasteiger partial charge in [-0.3, -0.25) is 0 Å². The molecular formula is C17H27N3O2. The van der Waals surface area contributed by atoms with E-state index in [1.165, 1.54) is 19.3 Å². The maximum atomic E-state index is 12.6. The first-order valence-corrected chi connectivity index (χ1v) is 8.69. The first kappa shape index (κ1) is 15.4. The van der Waals surface area contributed by atoms with Crippen molar-refractivity contribution >= 4 is 6.03 Å². The number of likely N-dealkylation sites (tertiary alicyclic amines) is 1. The number of carbonyl (C=O) groups is 1. The second-order valence-electron chi connectivity index (χ2n) is 6.94. The highest BCUT2D eigenvalue weighted by molar-refractivity contribution is 5.75. The van der Waals surface area contributed by atoms with Crippen molar-refractivity contribution in [2.24, 2.45) is 0 Å². The van der Waals surface area contributed by atoms with Crippen LogP contribution in [-0.4, -0.2) is 28.7 Å². The number of urea groups is 1. The number of hydrogen-bond donors (Lipinski definition) is 1. The van der Waals surface area contributed by atoms with Gasteiger partial charge in [0, 0.05) is 18.7 Å². The molecule has 3 rings (SSSR count). The van der Waals surface area contributed by atoms with Crippen molar-refractivity contribution in [3.63, 3.8) is 0 Å². The minimum Gasteiger partial charge on any atom is -0.359 e. The Hall–Kier alpha value is -1.52. The number of nitrogens with zero attached hydrogens (tertiary/aromatic N) is 2. The van der Waals surface area contributed by atoms with Gasteiger partial charge in [-0.05, 0) is 31.6 Å². The lowest BCUT2D eigenvalue weighted by Gasteiger charge is -2.28. The summed E-state index contributed by atoms with van der Waals surface area (Å²) >= 11 is 0. The summed E-state index contributed by atoms with van der Waals surface area (Å²) in [7, 11) is 0. The lowest BCUT2D eigenvalue weighted by Crippen LogP contribution is -2.45. The van der Waals surface area contributed by atoms with Crippen LogP contribution < -0.4 is 5.32 Å². The third-order valence-corrected chi connectivity index (χ3v) is 4.91. The Morgan fingerprint density at radius 1 is 1.27 bits per heavy atom. The molecule has 1 saturated heterocycles. The van der Waals surface area contributed by atoms with E-state index in [-0.39, 0.29) is 12.1 Å². The molecule has 22 heavy (non-hydrogen) atoms. The highest BCUT2D eigenvalue weighted by Crippen LogP contribution is 2.33. The van der Waals surface area contributed by atoms with Crippen LogP contribution >= 0.6 is 0 Å². The van der Waals surface area contributed by atoms with E-state index in [4.69, 9.17) is 4.52 Å². The summed E-state index contributed by atoms with van der Waals surface area (Å²) in [5, 5.41) is 7.35. The molecule has 2 heterocycles. The molecular weight excluding hydrogens is 278 g/mol. The predicted octanol–water partition coefficient (Wildman–Crippen LogP) is 3.98. The van der Waals surface area contributed by atoms with Crippen molar-refractivity contribution in [1.82, 2.24) is 15.4 Å². The van der Waals surface area contributed by atoms with Gasteiger partial charge in [-0.1, -0.05) is 38.3 Å². The fraction of sp³-hybridized carbons (Fsp3) is 0.765. The van der Waals surface area contributed by atoms with Crippen molar-refractivity contribution in [1.29, 1.82) is 0 Å². The summed E-state index contributed by atoms with van der Waals surface area (Å²) in [6, 6.07) is 2.48. The van der Waals surface area contributed by atoms with Crippen LogP contribution in [0, 0.1) is 0 Å². The molecule has 1 saturated carbocycles. The predicted molar refractivity (Wildman–Crippen MR) is 84.7 cm³/mol. The fourth-order valence-corrected chi connectivity index (χ4v) is 3.54. The topological polar surface area (TPSA) is 58.4 Å². The van der Waals surface area contributed by atoms with Crippen LogP contribution in [0.4, 0.5) is 4.79 Å². The van der Waals surface area contributed by atoms with E-state index in [0.717, 1.165) is 43.7 Å². The summed E-state index contributed by atoms with van der Waals surface area (Å²) in [6.45, 7) is 5.01. The average molecular weight is 305 g/mol. The minimum atomic E-state index is 0.0450. The van der Waals surface area contributed by atoms with Gasteiger partial charge in [-0.25, -0.2) is 4.79 Å². The van der Waals surface area contributed by atoms with Crippen LogP contribution in [0.25, 0.3) is 0 Å². The number of rotatable bonds is 3. The number of carbonyl (C=O) groups excluding carboxylic acids is 1. The van der Waals surface area contributed by atoms with E-state index >= 15 is 0 Å². The molecule has 2 aliphatic rings. The highest BCUT2D eigenvalue weighted by atomic mass is 16.5. The van der Waals surface area contributed by atoms with E-state index in [1.807, 2.05) is 11.0 Å². The maximum absolute atomic E-state index is 12.6. The summed E-state index contributed by atoms with van der Waals surface area (Å²) in [5.74, 6) is 1.18. The van der Waals surface area contributed by atoms with Crippen molar-refractivity contribution in [2.75, 3.05) is 6.54 Å². The van der Waals surface area contributed by atoms with Crippen molar-refractivity contribution in [2.45, 2.75) is 76.8 Å². The van der Waals surface area contributed by atoms with Gasteiger partial charge in [0.25, 0.3) is 0 Å². The summed E-state index contributed by atoms with van der Waals surface area (Å²) in [6.07, 6.45) is 7.98. The monoisotopic (exact) mass is 305 g/mol. The molecule has 2 fully saturated rings. The molecule has 1 aromatic rings. The first-order chi connectivity index (χ1) is 10.6. The lowest BCUT2D eigenvalue weighted by molar-refractivity contribution is 0.175. The Morgan fingerprint density at radius 3 is 2.73 bits per heavy atom. The van der Waals surface area contributed by atoms with Crippen molar-refractivity contribution in [3.05, 3.63) is 17.5 Å². The van der Waals surface area contributed by atoms with Crippen LogP contribution in [-0.2, 0) is 0 Å². The van der Waals surface area contributed by atoms with Crippen LogP contribution in [0.2, 0.25) is 0 Å². The zero-order chi connectivity index (χ0) is 15.5. The standard InChI is InChI=1S/C17H27N3O2/c1-12(2)14-11-16(22-19-14)15-9-6-10-20(15)17(21)18-13-7-4-3-5-8-13/h11-13,15H,3-10H2,1-2H3,(H,18,21). The number of aromatic nitrogens is 1. The fourth-order valence-electron chi connectivity index (χ4n) is 3.54. The largest absolute Gasteiger partial charge is 0.359 e. The van der Waals surface area contributed by atoms with Crippen LogP contribution in [0.15, 0.2) is 10.6 Å². The molecule has 0 spiro atoms. The Morgan fingerprint density at radius 2 is 2.05 bits per heavy atom. The Kier molecular flexibility index (Phi) is 4.69. The highest BCUT2D eigenvalue weighted by Gasteiger charge is 2.34. The first-order valence-electron chi connectivity index (χ1n) is 8.69. The zero-order valence-corrected chi connectivity index (χ0v) is 13.7. The average Bonchev–Trinajstić information content (AvgIpc) is 3.17. The molecule has 1 aliphatic heterocycles. The minimum absolute atomic E-state index is 0.0450. The SMILES string of the molecule is CC(C)c1cc(C2CCCN2C(=O)NC2CCCCC2)on1. The van der Waals surface area contributed by atoms with Gasteiger partial charge in [0.1, 0.15) is 0 Å². The van der Waals surface area contributed by atoms with Crippen molar-refractivity contribution < 1.29 is 9.32 Å². The smallest absolute Gasteiger partial charge is 0.318 e. The Bertz CT molecular complexity index is 506. The number of hydrogen-bond acceptors (Lipinski definition) is 3. The van der Waals surface area contributed by atoms with Crippen LogP contribution in [0.1, 0.15) is 82.2 Å². The Balaban J connectivity index is 1.65. The number of nitrogens with one attached hydrogen (secondary N) is 1. The third kappa shape index (κ3) is 3.28. The van der Waals surface area contributed by atoms with Gasteiger partial charge in [-0.2, -0.15) is 0 Å². The van der Waals surface area contributed by atoms with E-state index < -0.39 is 0 Å². The molecule has 122 valence electrons. The van der Waals surface area contributed by atoms with Gasteiger partial charge >= 0.3 is 6.03 Å². The molecule has 1 unspecified atom stereocenters. The molecule has 0 bridgehead atoms. The second-order valence-corrected chi connectivity index (χ2v) is 6.94.